The van der Waals surface area contributed by atoms with E-state index < -0.39 is 11.4 Å². The molecule has 1 heterocycles. The SMILES string of the molecule is C=C(c1nc(C)c([C@@](C)(C=O)c2ccc(CCC(=O)O)cc2)c(NC)n1)c1ccc(Cl)cc1C. The maximum absolute atomic E-state index is 12.5. The van der Waals surface area contributed by atoms with E-state index in [1.165, 1.54) is 0 Å². The molecule has 0 amide bonds. The molecule has 34 heavy (non-hydrogen) atoms. The van der Waals surface area contributed by atoms with Crippen molar-refractivity contribution >= 4 is 35.2 Å². The minimum atomic E-state index is -1.01. The number of aryl methyl sites for hydroxylation is 3. The number of halogens is 1. The van der Waals surface area contributed by atoms with Crippen LogP contribution in [0.5, 0.6) is 0 Å². The van der Waals surface area contributed by atoms with Gasteiger partial charge in [-0.15, -0.1) is 0 Å². The van der Waals surface area contributed by atoms with Gasteiger partial charge in [-0.1, -0.05) is 48.5 Å². The molecule has 176 valence electrons. The lowest BCUT2D eigenvalue weighted by molar-refractivity contribution is -0.137. The molecule has 1 atom stereocenters. The lowest BCUT2D eigenvalue weighted by Crippen LogP contribution is -2.29. The third-order valence-corrected chi connectivity index (χ3v) is 6.28. The number of aromatic nitrogens is 2. The summed E-state index contributed by atoms with van der Waals surface area (Å²) >= 11 is 6.10. The minimum absolute atomic E-state index is 0.0551. The predicted octanol–water partition coefficient (Wildman–Crippen LogP) is 5.37. The van der Waals surface area contributed by atoms with Crippen LogP contribution in [0.25, 0.3) is 5.57 Å². The molecule has 2 aromatic carbocycles. The Labute approximate surface area is 204 Å². The molecule has 0 saturated carbocycles. The number of rotatable bonds is 9. The van der Waals surface area contributed by atoms with Crippen LogP contribution in [0, 0.1) is 13.8 Å². The lowest BCUT2D eigenvalue weighted by Gasteiger charge is -2.28. The highest BCUT2D eigenvalue weighted by Gasteiger charge is 2.34. The van der Waals surface area contributed by atoms with Crippen LogP contribution in [0.2, 0.25) is 5.02 Å². The van der Waals surface area contributed by atoms with Crippen LogP contribution in [0.3, 0.4) is 0 Å². The van der Waals surface area contributed by atoms with E-state index >= 15 is 0 Å². The molecule has 1 aromatic heterocycles. The maximum Gasteiger partial charge on any atom is 0.303 e. The fourth-order valence-corrected chi connectivity index (χ4v) is 4.36. The Morgan fingerprint density at radius 1 is 1.18 bits per heavy atom. The first-order valence-corrected chi connectivity index (χ1v) is 11.3. The van der Waals surface area contributed by atoms with Crippen molar-refractivity contribution in [2.45, 2.75) is 39.0 Å². The summed E-state index contributed by atoms with van der Waals surface area (Å²) in [6.07, 6.45) is 1.38. The van der Waals surface area contributed by atoms with E-state index in [1.54, 1.807) is 13.1 Å². The second kappa shape index (κ2) is 10.2. The highest BCUT2D eigenvalue weighted by Crippen LogP contribution is 2.37. The molecule has 0 aliphatic heterocycles. The van der Waals surface area contributed by atoms with Gasteiger partial charge in [-0.05, 0) is 61.6 Å². The van der Waals surface area contributed by atoms with Gasteiger partial charge in [-0.3, -0.25) is 4.79 Å². The van der Waals surface area contributed by atoms with Crippen molar-refractivity contribution in [3.8, 4) is 0 Å². The number of nitrogens with zero attached hydrogens (tertiary/aromatic N) is 2. The van der Waals surface area contributed by atoms with Crippen molar-refractivity contribution in [3.05, 3.63) is 93.4 Å². The van der Waals surface area contributed by atoms with Crippen molar-refractivity contribution < 1.29 is 14.7 Å². The molecular formula is C27H28ClN3O3. The highest BCUT2D eigenvalue weighted by atomic mass is 35.5. The van der Waals surface area contributed by atoms with E-state index in [0.717, 1.165) is 28.5 Å². The minimum Gasteiger partial charge on any atom is -0.481 e. The summed E-state index contributed by atoms with van der Waals surface area (Å²) < 4.78 is 0. The molecule has 0 aliphatic rings. The molecule has 0 spiro atoms. The number of carbonyl (C=O) groups excluding carboxylic acids is 1. The highest BCUT2D eigenvalue weighted by molar-refractivity contribution is 6.30. The molecule has 3 rings (SSSR count). The second-order valence-corrected chi connectivity index (χ2v) is 8.89. The maximum atomic E-state index is 12.5. The van der Waals surface area contributed by atoms with Crippen molar-refractivity contribution in [3.63, 3.8) is 0 Å². The monoisotopic (exact) mass is 477 g/mol. The summed E-state index contributed by atoms with van der Waals surface area (Å²) in [7, 11) is 1.76. The zero-order chi connectivity index (χ0) is 25.0. The number of benzene rings is 2. The van der Waals surface area contributed by atoms with Crippen molar-refractivity contribution in [2.24, 2.45) is 0 Å². The van der Waals surface area contributed by atoms with E-state index in [9.17, 15) is 9.59 Å². The number of nitrogens with one attached hydrogen (secondary N) is 1. The zero-order valence-electron chi connectivity index (χ0n) is 19.8. The summed E-state index contributed by atoms with van der Waals surface area (Å²) in [6.45, 7) is 9.84. The molecule has 0 fully saturated rings. The van der Waals surface area contributed by atoms with Gasteiger partial charge in [-0.2, -0.15) is 0 Å². The molecule has 0 bridgehead atoms. The first-order chi connectivity index (χ1) is 16.1. The third kappa shape index (κ3) is 5.02. The number of aldehydes is 1. The van der Waals surface area contributed by atoms with Gasteiger partial charge in [0.2, 0.25) is 0 Å². The van der Waals surface area contributed by atoms with Crippen LogP contribution in [-0.2, 0) is 21.4 Å². The molecule has 3 aromatic rings. The number of anilines is 1. The van der Waals surface area contributed by atoms with Crippen molar-refractivity contribution in [2.75, 3.05) is 12.4 Å². The number of hydrogen-bond donors (Lipinski definition) is 2. The predicted molar refractivity (Wildman–Crippen MR) is 136 cm³/mol. The topological polar surface area (TPSA) is 92.2 Å². The smallest absolute Gasteiger partial charge is 0.303 e. The largest absolute Gasteiger partial charge is 0.481 e. The Bertz CT molecular complexity index is 1250. The number of aliphatic carboxylic acids is 1. The van der Waals surface area contributed by atoms with Crippen LogP contribution < -0.4 is 5.32 Å². The second-order valence-electron chi connectivity index (χ2n) is 8.45. The van der Waals surface area contributed by atoms with E-state index in [4.69, 9.17) is 26.7 Å². The van der Waals surface area contributed by atoms with E-state index in [2.05, 4.69) is 11.9 Å². The van der Waals surface area contributed by atoms with Gasteiger partial charge in [0.15, 0.2) is 5.82 Å². The van der Waals surface area contributed by atoms with Crippen LogP contribution >= 0.6 is 11.6 Å². The molecule has 0 saturated heterocycles. The fourth-order valence-electron chi connectivity index (χ4n) is 4.14. The van der Waals surface area contributed by atoms with Gasteiger partial charge in [0.25, 0.3) is 0 Å². The van der Waals surface area contributed by atoms with E-state index in [1.807, 2.05) is 57.2 Å². The summed E-state index contributed by atoms with van der Waals surface area (Å²) in [5, 5.41) is 12.7. The van der Waals surface area contributed by atoms with Gasteiger partial charge in [0.05, 0.1) is 5.41 Å². The fraction of sp³-hybridized carbons (Fsp3) is 0.259. The lowest BCUT2D eigenvalue weighted by atomic mass is 9.76. The molecule has 2 N–H and O–H groups in total. The van der Waals surface area contributed by atoms with E-state index in [-0.39, 0.29) is 6.42 Å². The molecule has 0 unspecified atom stereocenters. The third-order valence-electron chi connectivity index (χ3n) is 6.05. The van der Waals surface area contributed by atoms with Gasteiger partial charge < -0.3 is 15.2 Å². The number of hydrogen-bond acceptors (Lipinski definition) is 5. The number of carbonyl (C=O) groups is 2. The normalized spacial score (nSPS) is 12.6. The molecule has 0 radical (unpaired) electrons. The van der Waals surface area contributed by atoms with Gasteiger partial charge >= 0.3 is 5.97 Å². The number of carboxylic acid groups (broad SMARTS) is 1. The average Bonchev–Trinajstić information content (AvgIpc) is 2.81. The number of carboxylic acids is 1. The van der Waals surface area contributed by atoms with Crippen LogP contribution in [-0.4, -0.2) is 34.4 Å². The summed E-state index contributed by atoms with van der Waals surface area (Å²) in [4.78, 5) is 32.8. The summed E-state index contributed by atoms with van der Waals surface area (Å²) in [6, 6.07) is 13.0. The Morgan fingerprint density at radius 3 is 2.41 bits per heavy atom. The summed E-state index contributed by atoms with van der Waals surface area (Å²) in [5.74, 6) is 0.164. The Morgan fingerprint density at radius 2 is 1.85 bits per heavy atom. The quantitative estimate of drug-likeness (QED) is 0.402. The molecular weight excluding hydrogens is 450 g/mol. The van der Waals surface area contributed by atoms with Crippen molar-refractivity contribution in [1.29, 1.82) is 0 Å². The summed E-state index contributed by atoms with van der Waals surface area (Å²) in [5.41, 5.74) is 4.51. The van der Waals surface area contributed by atoms with Crippen LogP contribution in [0.4, 0.5) is 5.82 Å². The van der Waals surface area contributed by atoms with Crippen molar-refractivity contribution in [1.82, 2.24) is 9.97 Å². The molecule has 7 heteroatoms. The van der Waals surface area contributed by atoms with E-state index in [0.29, 0.717) is 39.9 Å². The van der Waals surface area contributed by atoms with Crippen LogP contribution in [0.1, 0.15) is 52.7 Å². The first kappa shape index (κ1) is 25.1. The van der Waals surface area contributed by atoms with Gasteiger partial charge in [-0.25, -0.2) is 9.97 Å². The Kier molecular flexibility index (Phi) is 7.52. The Balaban J connectivity index is 2.04. The van der Waals surface area contributed by atoms with Gasteiger partial charge in [0.1, 0.15) is 12.1 Å². The first-order valence-electron chi connectivity index (χ1n) is 10.9. The Hall–Kier alpha value is -3.51. The van der Waals surface area contributed by atoms with Crippen LogP contribution in [0.15, 0.2) is 49.0 Å². The van der Waals surface area contributed by atoms with Gasteiger partial charge in [0, 0.05) is 35.3 Å². The molecule has 0 aliphatic carbocycles. The average molecular weight is 478 g/mol. The zero-order valence-corrected chi connectivity index (χ0v) is 20.5. The standard InChI is InChI=1S/C27H28ClN3O3/c1-16-14-21(28)11-12-22(16)17(2)25-30-18(3)24(26(29-5)31-25)27(4,15-32)20-9-6-19(7-10-20)8-13-23(33)34/h6-7,9-12,14-15H,2,8,13H2,1,3-5H3,(H,33,34)(H,29,30,31)/t27-/m0/s1. The molecule has 6 nitrogen and oxygen atoms in total.